The third-order valence-electron chi connectivity index (χ3n) is 4.45. The Hall–Kier alpha value is -2.07. The van der Waals surface area contributed by atoms with Gasteiger partial charge in [-0.15, -0.1) is 0 Å². The van der Waals surface area contributed by atoms with Crippen LogP contribution >= 0.6 is 11.6 Å². The summed E-state index contributed by atoms with van der Waals surface area (Å²) < 4.78 is 18.2. The molecule has 1 amide bonds. The number of carbonyl (C=O) groups is 1. The third-order valence-corrected chi connectivity index (χ3v) is 4.74. The van der Waals surface area contributed by atoms with Gasteiger partial charge in [0, 0.05) is 5.69 Å². The summed E-state index contributed by atoms with van der Waals surface area (Å²) in [6.07, 6.45) is 2.50. The van der Waals surface area contributed by atoms with Gasteiger partial charge >= 0.3 is 0 Å². The molecule has 0 radical (unpaired) electrons. The van der Waals surface area contributed by atoms with Gasteiger partial charge in [-0.25, -0.2) is 4.39 Å². The van der Waals surface area contributed by atoms with Crippen molar-refractivity contribution in [2.45, 2.75) is 24.7 Å². The molecule has 2 aromatic rings. The minimum Gasteiger partial charge on any atom is -0.495 e. The fourth-order valence-corrected chi connectivity index (χ4v) is 3.20. The predicted molar refractivity (Wildman–Crippen MR) is 88.6 cm³/mol. The van der Waals surface area contributed by atoms with Crippen molar-refractivity contribution in [1.82, 2.24) is 0 Å². The zero-order valence-corrected chi connectivity index (χ0v) is 13.5. The summed E-state index contributed by atoms with van der Waals surface area (Å²) >= 11 is 6.09. The number of methoxy groups -OCH3 is 1. The first-order valence-electron chi connectivity index (χ1n) is 7.46. The minimum atomic E-state index is -0.583. The average molecular weight is 334 g/mol. The fourth-order valence-electron chi connectivity index (χ4n) is 2.94. The van der Waals surface area contributed by atoms with E-state index >= 15 is 0 Å². The summed E-state index contributed by atoms with van der Waals surface area (Å²) in [6, 6.07) is 11.3. The third kappa shape index (κ3) is 2.91. The minimum absolute atomic E-state index is 0.0865. The molecule has 0 spiro atoms. The van der Waals surface area contributed by atoms with Gasteiger partial charge in [0.25, 0.3) is 0 Å². The number of ether oxygens (including phenoxy) is 1. The first-order valence-corrected chi connectivity index (χ1v) is 7.84. The van der Waals surface area contributed by atoms with E-state index < -0.39 is 5.41 Å². The molecule has 1 saturated carbocycles. The molecule has 0 aromatic heterocycles. The molecule has 1 fully saturated rings. The van der Waals surface area contributed by atoms with E-state index in [1.807, 2.05) is 0 Å². The topological polar surface area (TPSA) is 38.3 Å². The summed E-state index contributed by atoms with van der Waals surface area (Å²) in [5.41, 5.74) is 0.886. The van der Waals surface area contributed by atoms with Gasteiger partial charge in [-0.05, 0) is 48.7 Å². The Morgan fingerprint density at radius 2 is 1.91 bits per heavy atom. The molecule has 1 aliphatic carbocycles. The highest BCUT2D eigenvalue weighted by molar-refractivity contribution is 6.32. The lowest BCUT2D eigenvalue weighted by Crippen LogP contribution is -2.46. The Bertz CT molecular complexity index is 726. The predicted octanol–water partition coefficient (Wildman–Crippen LogP) is 4.55. The van der Waals surface area contributed by atoms with Crippen LogP contribution in [0.1, 0.15) is 24.8 Å². The standard InChI is InChI=1S/C18H17ClFNO2/c1-23-16-8-7-14(11-15(16)19)21-17(22)18(9-2-10-18)12-3-5-13(20)6-4-12/h3-8,11H,2,9-10H2,1H3,(H,21,22). The van der Waals surface area contributed by atoms with Crippen LogP contribution < -0.4 is 10.1 Å². The molecule has 1 N–H and O–H groups in total. The van der Waals surface area contributed by atoms with Crippen LogP contribution in [0, 0.1) is 5.82 Å². The molecule has 0 atom stereocenters. The molecule has 120 valence electrons. The first-order chi connectivity index (χ1) is 11.0. The maximum absolute atomic E-state index is 13.1. The van der Waals surface area contributed by atoms with Crippen molar-refractivity contribution < 1.29 is 13.9 Å². The van der Waals surface area contributed by atoms with E-state index in [0.717, 1.165) is 24.8 Å². The van der Waals surface area contributed by atoms with Crippen molar-refractivity contribution in [2.75, 3.05) is 12.4 Å². The van der Waals surface area contributed by atoms with Gasteiger partial charge in [-0.3, -0.25) is 4.79 Å². The highest BCUT2D eigenvalue weighted by atomic mass is 35.5. The van der Waals surface area contributed by atoms with Crippen molar-refractivity contribution >= 4 is 23.2 Å². The molecule has 0 aliphatic heterocycles. The van der Waals surface area contributed by atoms with Gasteiger partial charge in [-0.1, -0.05) is 30.2 Å². The second kappa shape index (κ2) is 6.20. The van der Waals surface area contributed by atoms with Crippen LogP contribution in [0.2, 0.25) is 5.02 Å². The monoisotopic (exact) mass is 333 g/mol. The Balaban J connectivity index is 1.83. The van der Waals surface area contributed by atoms with Gasteiger partial charge in [0.15, 0.2) is 0 Å². The highest BCUT2D eigenvalue weighted by Crippen LogP contribution is 2.44. The molecule has 3 nitrogen and oxygen atoms in total. The van der Waals surface area contributed by atoms with E-state index in [1.165, 1.54) is 19.2 Å². The molecule has 0 unspecified atom stereocenters. The van der Waals surface area contributed by atoms with Crippen LogP contribution in [0.5, 0.6) is 5.75 Å². The summed E-state index contributed by atoms with van der Waals surface area (Å²) in [4.78, 5) is 12.8. The van der Waals surface area contributed by atoms with Crippen molar-refractivity contribution in [3.05, 3.63) is 58.9 Å². The molecule has 1 aliphatic rings. The number of benzene rings is 2. The quantitative estimate of drug-likeness (QED) is 0.891. The van der Waals surface area contributed by atoms with E-state index in [9.17, 15) is 9.18 Å². The van der Waals surface area contributed by atoms with Gasteiger partial charge in [0.1, 0.15) is 11.6 Å². The van der Waals surface area contributed by atoms with Crippen LogP contribution in [0.25, 0.3) is 0 Å². The van der Waals surface area contributed by atoms with Crippen molar-refractivity contribution in [3.63, 3.8) is 0 Å². The summed E-state index contributed by atoms with van der Waals surface area (Å²) in [7, 11) is 1.54. The summed E-state index contributed by atoms with van der Waals surface area (Å²) in [5, 5.41) is 3.36. The zero-order valence-electron chi connectivity index (χ0n) is 12.7. The first kappa shape index (κ1) is 15.8. The summed E-state index contributed by atoms with van der Waals surface area (Å²) in [5.74, 6) is 0.170. The zero-order chi connectivity index (χ0) is 16.4. The van der Waals surface area contributed by atoms with E-state index in [2.05, 4.69) is 5.32 Å². The number of hydrogen-bond acceptors (Lipinski definition) is 2. The molecule has 23 heavy (non-hydrogen) atoms. The summed E-state index contributed by atoms with van der Waals surface area (Å²) in [6.45, 7) is 0. The Kier molecular flexibility index (Phi) is 4.26. The molecular formula is C18H17ClFNO2. The van der Waals surface area contributed by atoms with Crippen LogP contribution in [0.3, 0.4) is 0 Å². The second-order valence-corrected chi connectivity index (χ2v) is 6.15. The maximum Gasteiger partial charge on any atom is 0.235 e. The fraction of sp³-hybridized carbons (Fsp3) is 0.278. The Morgan fingerprint density at radius 1 is 1.22 bits per heavy atom. The van der Waals surface area contributed by atoms with Crippen LogP contribution in [0.15, 0.2) is 42.5 Å². The van der Waals surface area contributed by atoms with Crippen molar-refractivity contribution in [1.29, 1.82) is 0 Å². The van der Waals surface area contributed by atoms with Crippen molar-refractivity contribution in [3.8, 4) is 5.75 Å². The highest BCUT2D eigenvalue weighted by Gasteiger charge is 2.45. The number of halogens is 2. The van der Waals surface area contributed by atoms with E-state index in [-0.39, 0.29) is 11.7 Å². The molecular weight excluding hydrogens is 317 g/mol. The molecule has 0 bridgehead atoms. The second-order valence-electron chi connectivity index (χ2n) is 5.75. The number of hydrogen-bond donors (Lipinski definition) is 1. The number of rotatable bonds is 4. The largest absolute Gasteiger partial charge is 0.495 e. The van der Waals surface area contributed by atoms with Crippen LogP contribution in [-0.4, -0.2) is 13.0 Å². The van der Waals surface area contributed by atoms with Gasteiger partial charge in [0.05, 0.1) is 17.5 Å². The lowest BCUT2D eigenvalue weighted by atomic mass is 9.64. The number of anilines is 1. The SMILES string of the molecule is COc1ccc(NC(=O)C2(c3ccc(F)cc3)CCC2)cc1Cl. The van der Waals surface area contributed by atoms with E-state index in [4.69, 9.17) is 16.3 Å². The van der Waals surface area contributed by atoms with Gasteiger partial charge < -0.3 is 10.1 Å². The maximum atomic E-state index is 13.1. The molecule has 2 aromatic carbocycles. The number of carbonyl (C=O) groups excluding carboxylic acids is 1. The molecule has 0 saturated heterocycles. The lowest BCUT2D eigenvalue weighted by molar-refractivity contribution is -0.124. The Morgan fingerprint density at radius 3 is 2.43 bits per heavy atom. The average Bonchev–Trinajstić information content (AvgIpc) is 2.48. The Labute approximate surface area is 139 Å². The van der Waals surface area contributed by atoms with Crippen LogP contribution in [-0.2, 0) is 10.2 Å². The number of amides is 1. The molecule has 5 heteroatoms. The van der Waals surface area contributed by atoms with Crippen molar-refractivity contribution in [2.24, 2.45) is 0 Å². The molecule has 3 rings (SSSR count). The molecule has 0 heterocycles. The number of nitrogens with one attached hydrogen (secondary N) is 1. The van der Waals surface area contributed by atoms with E-state index in [1.54, 1.807) is 30.3 Å². The van der Waals surface area contributed by atoms with Gasteiger partial charge in [-0.2, -0.15) is 0 Å². The van der Waals surface area contributed by atoms with Crippen LogP contribution in [0.4, 0.5) is 10.1 Å². The smallest absolute Gasteiger partial charge is 0.235 e. The van der Waals surface area contributed by atoms with Gasteiger partial charge in [0.2, 0.25) is 5.91 Å². The normalized spacial score (nSPS) is 15.6. The lowest BCUT2D eigenvalue weighted by Gasteiger charge is -2.40. The van der Waals surface area contributed by atoms with E-state index in [0.29, 0.717) is 16.5 Å².